The second-order valence-electron chi connectivity index (χ2n) is 11.2. The van der Waals surface area contributed by atoms with Gasteiger partial charge in [0.25, 0.3) is 5.56 Å². The summed E-state index contributed by atoms with van der Waals surface area (Å²) in [6.07, 6.45) is 3.57. The fourth-order valence-electron chi connectivity index (χ4n) is 6.09. The molecule has 1 aliphatic rings. The molecule has 0 spiro atoms. The Morgan fingerprint density at radius 2 is 1.74 bits per heavy atom. The Kier molecular flexibility index (Phi) is 6.48. The van der Waals surface area contributed by atoms with Crippen LogP contribution in [0.4, 0.5) is 8.78 Å². The van der Waals surface area contributed by atoms with Gasteiger partial charge >= 0.3 is 0 Å². The lowest BCUT2D eigenvalue weighted by atomic mass is 9.88. The van der Waals surface area contributed by atoms with Gasteiger partial charge in [-0.25, -0.2) is 13.8 Å². The van der Waals surface area contributed by atoms with Crippen molar-refractivity contribution in [2.24, 2.45) is 0 Å². The minimum atomic E-state index is -2.26. The number of phenolic OH excluding ortho intramolecular Hbond substituents is 1. The van der Waals surface area contributed by atoms with E-state index in [1.165, 1.54) is 17.8 Å². The van der Waals surface area contributed by atoms with E-state index < -0.39 is 29.0 Å². The molecule has 7 rings (SSSR count). The molecule has 1 atom stereocenters. The van der Waals surface area contributed by atoms with Crippen molar-refractivity contribution in [3.05, 3.63) is 130 Å². The van der Waals surface area contributed by atoms with E-state index in [0.717, 1.165) is 54.3 Å². The van der Waals surface area contributed by atoms with Crippen LogP contribution < -0.4 is 5.56 Å². The highest BCUT2D eigenvalue weighted by Crippen LogP contribution is 2.34. The normalized spacial score (nSPS) is 16.4. The van der Waals surface area contributed by atoms with Crippen LogP contribution in [0.1, 0.15) is 43.1 Å². The zero-order valence-corrected chi connectivity index (χ0v) is 23.5. The number of hydrogen-bond acceptors (Lipinski definition) is 4. The third kappa shape index (κ3) is 4.97. The van der Waals surface area contributed by atoms with Gasteiger partial charge in [0.2, 0.25) is 0 Å². The molecule has 0 aliphatic carbocycles. The molecule has 216 valence electrons. The Hall–Kier alpha value is -4.82. The van der Waals surface area contributed by atoms with E-state index in [2.05, 4.69) is 34.0 Å². The number of benzene rings is 4. The van der Waals surface area contributed by atoms with Gasteiger partial charge in [-0.15, -0.1) is 0 Å². The highest BCUT2D eigenvalue weighted by atomic mass is 19.1. The first-order chi connectivity index (χ1) is 21.2. The maximum atomic E-state index is 15.9. The SMILES string of the molecule is [2H][C@](c1nc2ccccc2[nH]1)(c1cc(F)ccc1O)n1ccc2cc(-c3ccc(C4CCN(C)CC4)cc3)cc(F)c2c1=O. The minimum Gasteiger partial charge on any atom is -0.508 e. The molecule has 4 aromatic carbocycles. The number of aromatic hydroxyl groups is 1. The number of halogens is 2. The molecule has 2 aromatic heterocycles. The molecule has 0 bridgehead atoms. The molecule has 2 N–H and O–H groups in total. The van der Waals surface area contributed by atoms with Crippen LogP contribution in [0.5, 0.6) is 5.75 Å². The third-order valence-electron chi connectivity index (χ3n) is 8.46. The number of phenols is 1. The Labute approximate surface area is 248 Å². The molecule has 0 saturated carbocycles. The van der Waals surface area contributed by atoms with Crippen LogP contribution in [0, 0.1) is 11.6 Å². The number of piperidine rings is 1. The van der Waals surface area contributed by atoms with Gasteiger partial charge in [0, 0.05) is 11.8 Å². The summed E-state index contributed by atoms with van der Waals surface area (Å²) in [4.78, 5) is 23.9. The number of pyridine rings is 1. The molecule has 1 saturated heterocycles. The van der Waals surface area contributed by atoms with Crippen molar-refractivity contribution < 1.29 is 15.3 Å². The van der Waals surface area contributed by atoms with Crippen LogP contribution in [0.2, 0.25) is 0 Å². The molecule has 6 nitrogen and oxygen atoms in total. The molecule has 3 heterocycles. The number of nitrogens with zero attached hydrogens (tertiary/aromatic N) is 3. The summed E-state index contributed by atoms with van der Waals surface area (Å²) in [5.74, 6) is -1.40. The first-order valence-corrected chi connectivity index (χ1v) is 14.3. The van der Waals surface area contributed by atoms with Crippen LogP contribution in [-0.4, -0.2) is 44.7 Å². The van der Waals surface area contributed by atoms with Gasteiger partial charge in [-0.05, 0) is 110 Å². The number of aromatic amines is 1. The predicted octanol–water partition coefficient (Wildman–Crippen LogP) is 6.98. The number of hydrogen-bond donors (Lipinski definition) is 2. The maximum absolute atomic E-state index is 15.9. The van der Waals surface area contributed by atoms with E-state index in [9.17, 15) is 15.7 Å². The number of H-pyrrole nitrogens is 1. The van der Waals surface area contributed by atoms with E-state index in [1.54, 1.807) is 36.4 Å². The lowest BCUT2D eigenvalue weighted by Crippen LogP contribution is -2.29. The molecule has 0 radical (unpaired) electrons. The minimum absolute atomic E-state index is 0.0391. The number of nitrogens with one attached hydrogen (secondary N) is 1. The number of likely N-dealkylation sites (tertiary alicyclic amines) is 1. The first-order valence-electron chi connectivity index (χ1n) is 14.8. The van der Waals surface area contributed by atoms with Crippen molar-refractivity contribution in [1.29, 1.82) is 0 Å². The van der Waals surface area contributed by atoms with Crippen molar-refractivity contribution in [1.82, 2.24) is 19.4 Å². The van der Waals surface area contributed by atoms with Crippen LogP contribution in [0.3, 0.4) is 0 Å². The molecule has 0 amide bonds. The maximum Gasteiger partial charge on any atom is 0.262 e. The second-order valence-corrected chi connectivity index (χ2v) is 11.2. The zero-order chi connectivity index (χ0) is 30.6. The highest BCUT2D eigenvalue weighted by molar-refractivity contribution is 5.87. The summed E-state index contributed by atoms with van der Waals surface area (Å²) < 4.78 is 41.0. The summed E-state index contributed by atoms with van der Waals surface area (Å²) in [6, 6.07) is 20.7. The van der Waals surface area contributed by atoms with Crippen molar-refractivity contribution in [2.45, 2.75) is 24.8 Å². The largest absolute Gasteiger partial charge is 0.508 e. The molecular weight excluding hydrogens is 546 g/mol. The van der Waals surface area contributed by atoms with Crippen molar-refractivity contribution in [2.75, 3.05) is 20.1 Å². The van der Waals surface area contributed by atoms with Crippen molar-refractivity contribution in [3.8, 4) is 16.9 Å². The van der Waals surface area contributed by atoms with E-state index >= 15 is 4.39 Å². The quantitative estimate of drug-likeness (QED) is 0.232. The molecule has 1 aliphatic heterocycles. The summed E-state index contributed by atoms with van der Waals surface area (Å²) >= 11 is 0. The smallest absolute Gasteiger partial charge is 0.262 e. The Morgan fingerprint density at radius 1 is 0.977 bits per heavy atom. The monoisotopic (exact) mass is 577 g/mol. The summed E-state index contributed by atoms with van der Waals surface area (Å²) in [5, 5.41) is 10.9. The highest BCUT2D eigenvalue weighted by Gasteiger charge is 2.26. The summed E-state index contributed by atoms with van der Waals surface area (Å²) in [6.45, 7) is 2.13. The fourth-order valence-corrected chi connectivity index (χ4v) is 6.09. The molecule has 8 heteroatoms. The topological polar surface area (TPSA) is 74.2 Å². The van der Waals surface area contributed by atoms with Crippen molar-refractivity contribution in [3.63, 3.8) is 0 Å². The van der Waals surface area contributed by atoms with E-state index in [-0.39, 0.29) is 16.8 Å². The van der Waals surface area contributed by atoms with E-state index in [0.29, 0.717) is 27.9 Å². The number of fused-ring (bicyclic) bond motifs is 2. The van der Waals surface area contributed by atoms with E-state index in [1.807, 2.05) is 12.1 Å². The molecule has 1 fully saturated rings. The first kappa shape index (κ1) is 25.9. The average molecular weight is 578 g/mol. The Morgan fingerprint density at radius 3 is 2.51 bits per heavy atom. The molecule has 6 aromatic rings. The third-order valence-corrected chi connectivity index (χ3v) is 8.46. The summed E-state index contributed by atoms with van der Waals surface area (Å²) in [5.41, 5.74) is 2.78. The standard InChI is InChI=1S/C35H30F2N4O2/c1-40-15-12-23(13-16-40)21-6-8-22(9-7-21)25-18-24-14-17-41(35(43)32(24)28(37)19-25)33(27-20-26(36)10-11-31(27)42)34-38-29-4-2-3-5-30(29)39-34/h2-11,14,17-20,23,33,42H,12-13,15-16H2,1H3,(H,38,39)/t33-/m1/s1/i33D. The van der Waals surface area contributed by atoms with Crippen LogP contribution >= 0.6 is 0 Å². The van der Waals surface area contributed by atoms with Gasteiger partial charge in [-0.2, -0.15) is 0 Å². The molecule has 43 heavy (non-hydrogen) atoms. The van der Waals surface area contributed by atoms with E-state index in [4.69, 9.17) is 0 Å². The number of para-hydroxylation sites is 2. The van der Waals surface area contributed by atoms with Gasteiger partial charge in [0.05, 0.1) is 17.8 Å². The lowest BCUT2D eigenvalue weighted by molar-refractivity contribution is 0.255. The van der Waals surface area contributed by atoms with Gasteiger partial charge in [-0.3, -0.25) is 9.36 Å². The fraction of sp³-hybridized carbons (Fsp3) is 0.200. The van der Waals surface area contributed by atoms with Gasteiger partial charge < -0.3 is 15.0 Å². The Bertz CT molecular complexity index is 2050. The molecular formula is C35H30F2N4O2. The van der Waals surface area contributed by atoms with Crippen LogP contribution in [0.25, 0.3) is 32.9 Å². The van der Waals surface area contributed by atoms with Crippen LogP contribution in [-0.2, 0) is 0 Å². The van der Waals surface area contributed by atoms with Crippen LogP contribution in [0.15, 0.2) is 95.9 Å². The molecule has 0 unspecified atom stereocenters. The average Bonchev–Trinajstić information content (AvgIpc) is 3.47. The second kappa shape index (κ2) is 10.8. The number of aromatic nitrogens is 3. The predicted molar refractivity (Wildman–Crippen MR) is 164 cm³/mol. The zero-order valence-electron chi connectivity index (χ0n) is 24.5. The van der Waals surface area contributed by atoms with Crippen molar-refractivity contribution >= 4 is 21.8 Å². The van der Waals surface area contributed by atoms with Gasteiger partial charge in [0.1, 0.15) is 29.2 Å². The van der Waals surface area contributed by atoms with Gasteiger partial charge in [-0.1, -0.05) is 36.4 Å². The number of rotatable bonds is 5. The summed E-state index contributed by atoms with van der Waals surface area (Å²) in [7, 11) is 2.14. The Balaban J connectivity index is 1.34. The number of imidazole rings is 1. The van der Waals surface area contributed by atoms with Gasteiger partial charge in [0.15, 0.2) is 0 Å². The lowest BCUT2D eigenvalue weighted by Gasteiger charge is -2.29.